The Morgan fingerprint density at radius 3 is 2.44 bits per heavy atom. The molecule has 6 nitrogen and oxygen atoms in total. The van der Waals surface area contributed by atoms with Gasteiger partial charge in [-0.05, 0) is 50.8 Å². The largest absolute Gasteiger partial charge is 0.490 e. The van der Waals surface area contributed by atoms with Crippen LogP contribution in [0.25, 0.3) is 0 Å². The van der Waals surface area contributed by atoms with Crippen LogP contribution >= 0.6 is 0 Å². The smallest absolute Gasteiger partial charge is 0.309 e. The van der Waals surface area contributed by atoms with E-state index in [4.69, 9.17) is 14.2 Å². The summed E-state index contributed by atoms with van der Waals surface area (Å²) in [4.78, 5) is 23.9. The molecule has 1 N–H and O–H groups in total. The van der Waals surface area contributed by atoms with Crippen molar-refractivity contribution in [2.24, 2.45) is 5.92 Å². The molecule has 1 aliphatic carbocycles. The lowest BCUT2D eigenvalue weighted by atomic mass is 9.89. The van der Waals surface area contributed by atoms with Gasteiger partial charge in [0.25, 0.3) is 5.91 Å². The van der Waals surface area contributed by atoms with Crippen molar-refractivity contribution in [1.82, 2.24) is 5.32 Å². The minimum Gasteiger partial charge on any atom is -0.490 e. The quantitative estimate of drug-likeness (QED) is 0.634. The van der Waals surface area contributed by atoms with Crippen LogP contribution in [-0.4, -0.2) is 38.2 Å². The van der Waals surface area contributed by atoms with Gasteiger partial charge < -0.3 is 19.5 Å². The Morgan fingerprint density at radius 1 is 1.04 bits per heavy atom. The van der Waals surface area contributed by atoms with Crippen molar-refractivity contribution in [2.45, 2.75) is 52.4 Å². The number of benzene rings is 1. The van der Waals surface area contributed by atoms with Crippen LogP contribution in [0.2, 0.25) is 0 Å². The molecule has 0 radical (unpaired) electrons. The van der Waals surface area contributed by atoms with Gasteiger partial charge in [-0.15, -0.1) is 0 Å². The SMILES string of the molecule is CCOc1ccc(CCNC(=O)COC(=O)C2CCCCC2)cc1OCC. The number of nitrogens with one attached hydrogen (secondary N) is 1. The van der Waals surface area contributed by atoms with Crippen molar-refractivity contribution in [3.63, 3.8) is 0 Å². The number of esters is 1. The molecule has 2 rings (SSSR count). The fraction of sp³-hybridized carbons (Fsp3) is 0.619. The molecule has 0 saturated heterocycles. The first-order valence-electron chi connectivity index (χ1n) is 9.95. The molecule has 0 spiro atoms. The summed E-state index contributed by atoms with van der Waals surface area (Å²) in [5.74, 6) is 0.895. The second kappa shape index (κ2) is 11.5. The zero-order valence-corrected chi connectivity index (χ0v) is 16.4. The fourth-order valence-electron chi connectivity index (χ4n) is 3.24. The predicted octanol–water partition coefficient (Wildman–Crippen LogP) is 3.27. The highest BCUT2D eigenvalue weighted by Crippen LogP contribution is 2.28. The lowest BCUT2D eigenvalue weighted by Gasteiger charge is -2.19. The average molecular weight is 377 g/mol. The third-order valence-electron chi connectivity index (χ3n) is 4.63. The maximum absolute atomic E-state index is 12.0. The third-order valence-corrected chi connectivity index (χ3v) is 4.63. The molecule has 6 heteroatoms. The molecule has 0 unspecified atom stereocenters. The molecule has 0 aromatic heterocycles. The first kappa shape index (κ1) is 21.1. The van der Waals surface area contributed by atoms with Crippen LogP contribution in [0.15, 0.2) is 18.2 Å². The number of hydrogen-bond acceptors (Lipinski definition) is 5. The summed E-state index contributed by atoms with van der Waals surface area (Å²) >= 11 is 0. The lowest BCUT2D eigenvalue weighted by Crippen LogP contribution is -2.32. The molecule has 0 heterocycles. The number of ether oxygens (including phenoxy) is 3. The summed E-state index contributed by atoms with van der Waals surface area (Å²) in [6.45, 7) is 5.27. The van der Waals surface area contributed by atoms with Gasteiger partial charge in [0.1, 0.15) is 0 Å². The standard InChI is InChI=1S/C21H31NO5/c1-3-25-18-11-10-16(14-19(18)26-4-2)12-13-22-20(23)15-27-21(24)17-8-6-5-7-9-17/h10-11,14,17H,3-9,12-13,15H2,1-2H3,(H,22,23). The lowest BCUT2D eigenvalue weighted by molar-refractivity contribution is -0.153. The number of amides is 1. The topological polar surface area (TPSA) is 73.9 Å². The predicted molar refractivity (Wildman–Crippen MR) is 103 cm³/mol. The summed E-state index contributed by atoms with van der Waals surface area (Å²) in [7, 11) is 0. The Bertz CT molecular complexity index is 611. The highest BCUT2D eigenvalue weighted by Gasteiger charge is 2.22. The Kier molecular flexibility index (Phi) is 8.95. The van der Waals surface area contributed by atoms with Crippen molar-refractivity contribution < 1.29 is 23.8 Å². The van der Waals surface area contributed by atoms with Crippen LogP contribution < -0.4 is 14.8 Å². The molecule has 27 heavy (non-hydrogen) atoms. The van der Waals surface area contributed by atoms with Crippen molar-refractivity contribution in [3.8, 4) is 11.5 Å². The molecule has 1 amide bonds. The monoisotopic (exact) mass is 377 g/mol. The molecule has 1 saturated carbocycles. The number of carbonyl (C=O) groups is 2. The van der Waals surface area contributed by atoms with Gasteiger partial charge in [-0.2, -0.15) is 0 Å². The van der Waals surface area contributed by atoms with E-state index in [-0.39, 0.29) is 24.4 Å². The minimum absolute atomic E-state index is 0.0348. The highest BCUT2D eigenvalue weighted by molar-refractivity contribution is 5.81. The van der Waals surface area contributed by atoms with Gasteiger partial charge in [-0.1, -0.05) is 25.3 Å². The van der Waals surface area contributed by atoms with E-state index in [0.29, 0.717) is 31.9 Å². The number of hydrogen-bond donors (Lipinski definition) is 1. The van der Waals surface area contributed by atoms with E-state index < -0.39 is 0 Å². The second-order valence-corrected chi connectivity index (χ2v) is 6.69. The van der Waals surface area contributed by atoms with E-state index in [2.05, 4.69) is 5.32 Å². The average Bonchev–Trinajstić information content (AvgIpc) is 2.69. The summed E-state index contributed by atoms with van der Waals surface area (Å²) in [5, 5.41) is 2.79. The summed E-state index contributed by atoms with van der Waals surface area (Å²) in [6, 6.07) is 5.78. The van der Waals surface area contributed by atoms with E-state index in [0.717, 1.165) is 37.0 Å². The fourth-order valence-corrected chi connectivity index (χ4v) is 3.24. The van der Waals surface area contributed by atoms with Gasteiger partial charge in [0.2, 0.25) is 0 Å². The zero-order valence-electron chi connectivity index (χ0n) is 16.4. The normalized spacial score (nSPS) is 14.4. The molecule has 1 aliphatic rings. The zero-order chi connectivity index (χ0) is 19.5. The van der Waals surface area contributed by atoms with Crippen molar-refractivity contribution in [2.75, 3.05) is 26.4 Å². The maximum Gasteiger partial charge on any atom is 0.309 e. The molecule has 1 aromatic carbocycles. The Labute approximate surface area is 161 Å². The van der Waals surface area contributed by atoms with Gasteiger partial charge in [0.05, 0.1) is 19.1 Å². The second-order valence-electron chi connectivity index (χ2n) is 6.69. The van der Waals surface area contributed by atoms with Crippen LogP contribution in [0.3, 0.4) is 0 Å². The summed E-state index contributed by atoms with van der Waals surface area (Å²) < 4.78 is 16.3. The minimum atomic E-state index is -0.268. The van der Waals surface area contributed by atoms with E-state index in [1.54, 1.807) is 0 Å². The number of carbonyl (C=O) groups excluding carboxylic acids is 2. The molecular formula is C21H31NO5. The van der Waals surface area contributed by atoms with Crippen molar-refractivity contribution >= 4 is 11.9 Å². The molecule has 0 bridgehead atoms. The molecule has 0 atom stereocenters. The van der Waals surface area contributed by atoms with Gasteiger partial charge in [-0.3, -0.25) is 9.59 Å². The Hall–Kier alpha value is -2.24. The first-order valence-corrected chi connectivity index (χ1v) is 9.95. The van der Waals surface area contributed by atoms with Gasteiger partial charge in [0, 0.05) is 6.54 Å². The summed E-state index contributed by atoms with van der Waals surface area (Å²) in [5.41, 5.74) is 1.04. The molecule has 1 fully saturated rings. The Balaban J connectivity index is 1.72. The van der Waals surface area contributed by atoms with E-state index in [1.807, 2.05) is 32.0 Å². The van der Waals surface area contributed by atoms with E-state index in [9.17, 15) is 9.59 Å². The number of rotatable bonds is 10. The van der Waals surface area contributed by atoms with Gasteiger partial charge >= 0.3 is 5.97 Å². The molecule has 150 valence electrons. The van der Waals surface area contributed by atoms with Crippen LogP contribution in [0.5, 0.6) is 11.5 Å². The highest BCUT2D eigenvalue weighted by atomic mass is 16.5. The first-order chi connectivity index (χ1) is 13.1. The van der Waals surface area contributed by atoms with Crippen LogP contribution in [0.4, 0.5) is 0 Å². The van der Waals surface area contributed by atoms with Crippen molar-refractivity contribution in [1.29, 1.82) is 0 Å². The molecule has 0 aliphatic heterocycles. The molecule has 1 aromatic rings. The molecular weight excluding hydrogens is 346 g/mol. The van der Waals surface area contributed by atoms with E-state index in [1.165, 1.54) is 6.42 Å². The van der Waals surface area contributed by atoms with Crippen molar-refractivity contribution in [3.05, 3.63) is 23.8 Å². The van der Waals surface area contributed by atoms with Crippen LogP contribution in [0, 0.1) is 5.92 Å². The summed E-state index contributed by atoms with van der Waals surface area (Å²) in [6.07, 6.45) is 5.73. The van der Waals surface area contributed by atoms with Crippen LogP contribution in [0.1, 0.15) is 51.5 Å². The van der Waals surface area contributed by atoms with Crippen LogP contribution in [-0.2, 0) is 20.7 Å². The van der Waals surface area contributed by atoms with Gasteiger partial charge in [0.15, 0.2) is 18.1 Å². The van der Waals surface area contributed by atoms with Gasteiger partial charge in [-0.25, -0.2) is 0 Å². The Morgan fingerprint density at radius 2 is 1.74 bits per heavy atom. The maximum atomic E-state index is 12.0. The third kappa shape index (κ3) is 7.12. The van der Waals surface area contributed by atoms with E-state index >= 15 is 0 Å².